The number of thiophene rings is 1. The molecule has 1 aliphatic rings. The molecule has 0 N–H and O–H groups in total. The maximum atomic E-state index is 15.5. The average molecular weight is 741 g/mol. The summed E-state index contributed by atoms with van der Waals surface area (Å²) < 4.78 is 47.3. The van der Waals surface area contributed by atoms with E-state index in [1.165, 1.54) is 12.1 Å². The molecule has 0 radical (unpaired) electrons. The van der Waals surface area contributed by atoms with Gasteiger partial charge in [-0.1, -0.05) is 24.3 Å². The van der Waals surface area contributed by atoms with Gasteiger partial charge in [-0.05, 0) is 124 Å². The monoisotopic (exact) mass is 740 g/mol. The van der Waals surface area contributed by atoms with Gasteiger partial charge < -0.3 is 23.7 Å². The predicted octanol–water partition coefficient (Wildman–Crippen LogP) is 8.53. The zero-order chi connectivity index (χ0) is 39.0. The molecule has 3 aromatic rings. The minimum atomic E-state index is -1.41. The van der Waals surface area contributed by atoms with Crippen LogP contribution in [-0.4, -0.2) is 54.9 Å². The SMILES string of the molecule is CC(C)(C)C(=O)OC[C@H]1O[C@H](c2ccc(F)c(Cc3cc4ccccc4s3)c2)[C@H](OC(=O)C(C)(C)C)[C@@H](OC(=O)C(C)(C)C)[C@@H]1OC(=O)C(C)(C)C. The van der Waals surface area contributed by atoms with Crippen molar-refractivity contribution in [1.29, 1.82) is 0 Å². The highest BCUT2D eigenvalue weighted by Gasteiger charge is 2.55. The summed E-state index contributed by atoms with van der Waals surface area (Å²) in [7, 11) is 0. The smallest absolute Gasteiger partial charge is 0.311 e. The number of esters is 4. The second-order valence-electron chi connectivity index (χ2n) is 17.6. The van der Waals surface area contributed by atoms with Gasteiger partial charge in [-0.2, -0.15) is 0 Å². The molecule has 1 fully saturated rings. The lowest BCUT2D eigenvalue weighted by Crippen LogP contribution is -2.61. The fourth-order valence-corrected chi connectivity index (χ4v) is 6.30. The Morgan fingerprint density at radius 1 is 0.673 bits per heavy atom. The third kappa shape index (κ3) is 9.98. The Balaban J connectivity index is 1.88. The number of rotatable bonds is 8. The normalized spacial score (nSPS) is 21.4. The number of fused-ring (bicyclic) bond motifs is 1. The summed E-state index contributed by atoms with van der Waals surface area (Å²) in [5.74, 6) is -2.90. The Kier molecular flexibility index (Phi) is 12.0. The fraction of sp³-hybridized carbons (Fsp3) is 0.561. The molecule has 0 amide bonds. The Bertz CT molecular complexity index is 1750. The molecule has 1 aromatic heterocycles. The molecule has 9 nitrogen and oxygen atoms in total. The second kappa shape index (κ2) is 15.3. The van der Waals surface area contributed by atoms with Crippen molar-refractivity contribution in [1.82, 2.24) is 0 Å². The van der Waals surface area contributed by atoms with Crippen LogP contribution in [0.1, 0.15) is 105 Å². The van der Waals surface area contributed by atoms with Gasteiger partial charge in [0, 0.05) is 16.0 Å². The van der Waals surface area contributed by atoms with Crippen molar-refractivity contribution in [2.24, 2.45) is 21.7 Å². The number of carbonyl (C=O) groups excluding carboxylic acids is 4. The number of hydrogen-bond donors (Lipinski definition) is 0. The van der Waals surface area contributed by atoms with Crippen molar-refractivity contribution in [3.05, 3.63) is 70.4 Å². The molecular weight excluding hydrogens is 688 g/mol. The van der Waals surface area contributed by atoms with E-state index < -0.39 is 81.9 Å². The quantitative estimate of drug-likeness (QED) is 0.166. The number of benzene rings is 2. The molecule has 4 rings (SSSR count). The van der Waals surface area contributed by atoms with Crippen LogP contribution in [0.3, 0.4) is 0 Å². The van der Waals surface area contributed by atoms with E-state index in [0.717, 1.165) is 15.0 Å². The van der Waals surface area contributed by atoms with Crippen LogP contribution in [0.4, 0.5) is 4.39 Å². The summed E-state index contributed by atoms with van der Waals surface area (Å²) >= 11 is 1.56. The van der Waals surface area contributed by atoms with Crippen LogP contribution in [0.5, 0.6) is 0 Å². The minimum Gasteiger partial charge on any atom is -0.462 e. The Morgan fingerprint density at radius 2 is 1.19 bits per heavy atom. The molecule has 2 heterocycles. The lowest BCUT2D eigenvalue weighted by atomic mass is 9.88. The molecule has 1 saturated heterocycles. The van der Waals surface area contributed by atoms with Gasteiger partial charge in [-0.3, -0.25) is 19.2 Å². The molecule has 0 unspecified atom stereocenters. The first-order valence-electron chi connectivity index (χ1n) is 17.6. The lowest BCUT2D eigenvalue weighted by molar-refractivity contribution is -0.262. The van der Waals surface area contributed by atoms with Crippen LogP contribution in [-0.2, 0) is 49.3 Å². The summed E-state index contributed by atoms with van der Waals surface area (Å²) in [4.78, 5) is 54.7. The van der Waals surface area contributed by atoms with Gasteiger partial charge in [-0.25, -0.2) is 4.39 Å². The van der Waals surface area contributed by atoms with Gasteiger partial charge in [-0.15, -0.1) is 11.3 Å². The average Bonchev–Trinajstić information content (AvgIpc) is 3.43. The zero-order valence-corrected chi connectivity index (χ0v) is 33.2. The first kappa shape index (κ1) is 40.9. The van der Waals surface area contributed by atoms with Gasteiger partial charge in [0.2, 0.25) is 0 Å². The minimum absolute atomic E-state index is 0.277. The van der Waals surface area contributed by atoms with Crippen LogP contribution < -0.4 is 0 Å². The standard InChI is InChI=1S/C41H53FO9S/c1-38(2,3)34(43)47-22-28-31(49-35(44)39(4,5)6)33(51-37(46)41(10,11)12)32(50-36(45)40(7,8)9)30(48-28)24-17-18-27(42)25(19-24)21-26-20-23-15-13-14-16-29(23)52-26/h13-20,28,30-33H,21-22H2,1-12H3/t28-,30-,31-,32+,33+/m1/s1. The predicted molar refractivity (Wildman–Crippen MR) is 197 cm³/mol. The number of carbonyl (C=O) groups is 4. The van der Waals surface area contributed by atoms with E-state index in [2.05, 4.69) is 0 Å². The number of halogens is 1. The lowest BCUT2D eigenvalue weighted by Gasteiger charge is -2.46. The van der Waals surface area contributed by atoms with Gasteiger partial charge in [0.25, 0.3) is 0 Å². The Labute approximate surface area is 310 Å². The van der Waals surface area contributed by atoms with E-state index in [9.17, 15) is 19.2 Å². The molecular formula is C41H53FO9S. The van der Waals surface area contributed by atoms with E-state index in [1.54, 1.807) is 100 Å². The fourth-order valence-electron chi connectivity index (χ4n) is 5.22. The third-order valence-electron chi connectivity index (χ3n) is 8.43. The molecule has 284 valence electrons. The van der Waals surface area contributed by atoms with Gasteiger partial charge >= 0.3 is 23.9 Å². The highest BCUT2D eigenvalue weighted by atomic mass is 32.1. The van der Waals surface area contributed by atoms with Gasteiger partial charge in [0.05, 0.1) is 21.7 Å². The molecule has 52 heavy (non-hydrogen) atoms. The number of ether oxygens (including phenoxy) is 5. The van der Waals surface area contributed by atoms with Crippen molar-refractivity contribution < 1.29 is 47.3 Å². The molecule has 11 heteroatoms. The number of hydrogen-bond acceptors (Lipinski definition) is 10. The van der Waals surface area contributed by atoms with Crippen molar-refractivity contribution in [2.75, 3.05) is 6.61 Å². The largest absolute Gasteiger partial charge is 0.462 e. The van der Waals surface area contributed by atoms with Crippen molar-refractivity contribution in [2.45, 2.75) is 120 Å². The Morgan fingerprint density at radius 3 is 1.73 bits per heavy atom. The Hall–Kier alpha value is -3.83. The maximum absolute atomic E-state index is 15.5. The summed E-state index contributed by atoms with van der Waals surface area (Å²) in [6.45, 7) is 19.8. The van der Waals surface area contributed by atoms with Crippen LogP contribution in [0.15, 0.2) is 48.5 Å². The first-order valence-corrected chi connectivity index (χ1v) is 18.4. The van der Waals surface area contributed by atoms with E-state index in [4.69, 9.17) is 23.7 Å². The summed E-state index contributed by atoms with van der Waals surface area (Å²) in [5, 5.41) is 1.05. The molecule has 2 aromatic carbocycles. The molecule has 0 saturated carbocycles. The van der Waals surface area contributed by atoms with Gasteiger partial charge in [0.15, 0.2) is 18.3 Å². The molecule has 1 aliphatic heterocycles. The topological polar surface area (TPSA) is 114 Å². The van der Waals surface area contributed by atoms with E-state index >= 15 is 4.39 Å². The van der Waals surface area contributed by atoms with E-state index in [0.29, 0.717) is 11.1 Å². The van der Waals surface area contributed by atoms with Crippen LogP contribution in [0.25, 0.3) is 10.1 Å². The summed E-state index contributed by atoms with van der Waals surface area (Å²) in [6, 6.07) is 14.4. The van der Waals surface area contributed by atoms with E-state index in [1.807, 2.05) is 30.3 Å². The van der Waals surface area contributed by atoms with Crippen LogP contribution in [0.2, 0.25) is 0 Å². The molecule has 0 bridgehead atoms. The summed E-state index contributed by atoms with van der Waals surface area (Å²) in [5.41, 5.74) is -3.06. The van der Waals surface area contributed by atoms with Gasteiger partial charge in [0.1, 0.15) is 24.6 Å². The molecule has 0 spiro atoms. The maximum Gasteiger partial charge on any atom is 0.311 e. The zero-order valence-electron chi connectivity index (χ0n) is 32.4. The van der Waals surface area contributed by atoms with E-state index in [-0.39, 0.29) is 13.0 Å². The second-order valence-corrected chi connectivity index (χ2v) is 18.7. The van der Waals surface area contributed by atoms with Crippen LogP contribution >= 0.6 is 11.3 Å². The highest BCUT2D eigenvalue weighted by Crippen LogP contribution is 2.41. The van der Waals surface area contributed by atoms with Crippen molar-refractivity contribution >= 4 is 45.3 Å². The van der Waals surface area contributed by atoms with Crippen molar-refractivity contribution in [3.63, 3.8) is 0 Å². The first-order chi connectivity index (χ1) is 23.9. The molecule has 5 atom stereocenters. The third-order valence-corrected chi connectivity index (χ3v) is 9.55. The van der Waals surface area contributed by atoms with Crippen LogP contribution in [0, 0.1) is 27.5 Å². The highest BCUT2D eigenvalue weighted by molar-refractivity contribution is 7.19. The molecule has 0 aliphatic carbocycles. The summed E-state index contributed by atoms with van der Waals surface area (Å²) in [6.07, 6.45) is -6.18. The van der Waals surface area contributed by atoms with Crippen molar-refractivity contribution in [3.8, 4) is 0 Å².